The van der Waals surface area contributed by atoms with Gasteiger partial charge in [0.2, 0.25) is 0 Å². The van der Waals surface area contributed by atoms with E-state index >= 15 is 0 Å². The molecule has 0 aliphatic carbocycles. The molecule has 0 aliphatic heterocycles. The highest BCUT2D eigenvalue weighted by Crippen LogP contribution is 2.27. The summed E-state index contributed by atoms with van der Waals surface area (Å²) in [4.78, 5) is 8.18. The van der Waals surface area contributed by atoms with Crippen LogP contribution in [0, 0.1) is 0 Å². The number of aromatic nitrogens is 2. The van der Waals surface area contributed by atoms with E-state index in [0.29, 0.717) is 10.4 Å². The highest BCUT2D eigenvalue weighted by atomic mass is 35.5. The second kappa shape index (κ2) is 4.82. The van der Waals surface area contributed by atoms with E-state index in [4.69, 9.17) is 11.6 Å². The zero-order valence-corrected chi connectivity index (χ0v) is 9.61. The molecular weight excluding hydrogens is 204 g/mol. The summed E-state index contributed by atoms with van der Waals surface area (Å²) in [6.45, 7) is 6.34. The lowest BCUT2D eigenvalue weighted by atomic mass is 10.3. The van der Waals surface area contributed by atoms with E-state index in [0.717, 1.165) is 17.0 Å². The number of thioether (sulfide) groups is 1. The minimum absolute atomic E-state index is 0.524. The molecule has 0 atom stereocenters. The predicted octanol–water partition coefficient (Wildman–Crippen LogP) is 3.19. The molecule has 0 aromatic carbocycles. The van der Waals surface area contributed by atoms with E-state index in [1.54, 1.807) is 11.8 Å². The Morgan fingerprint density at radius 2 is 2.15 bits per heavy atom. The van der Waals surface area contributed by atoms with Gasteiger partial charge in [0.15, 0.2) is 0 Å². The first-order valence-electron chi connectivity index (χ1n) is 4.31. The summed E-state index contributed by atoms with van der Waals surface area (Å²) in [5.74, 6) is 0. The number of hydrogen-bond acceptors (Lipinski definition) is 3. The van der Waals surface area contributed by atoms with Gasteiger partial charge in [-0.2, -0.15) is 0 Å². The van der Waals surface area contributed by atoms with Crippen LogP contribution >= 0.6 is 23.4 Å². The first kappa shape index (κ1) is 10.8. The monoisotopic (exact) mass is 216 g/mol. The molecule has 0 N–H and O–H groups in total. The Kier molecular flexibility index (Phi) is 4.00. The summed E-state index contributed by atoms with van der Waals surface area (Å²) in [7, 11) is 0. The van der Waals surface area contributed by atoms with Crippen LogP contribution in [-0.4, -0.2) is 15.2 Å². The van der Waals surface area contributed by atoms with Gasteiger partial charge in [-0.25, -0.2) is 9.97 Å². The van der Waals surface area contributed by atoms with Crippen molar-refractivity contribution in [3.05, 3.63) is 17.0 Å². The highest BCUT2D eigenvalue weighted by Gasteiger charge is 2.09. The smallest absolute Gasteiger partial charge is 0.136 e. The van der Waals surface area contributed by atoms with Crippen LogP contribution in [0.15, 0.2) is 11.4 Å². The number of halogens is 1. The molecule has 1 rings (SSSR count). The zero-order valence-electron chi connectivity index (χ0n) is 8.04. The van der Waals surface area contributed by atoms with E-state index in [9.17, 15) is 0 Å². The third-order valence-electron chi connectivity index (χ3n) is 1.55. The lowest BCUT2D eigenvalue weighted by molar-refractivity contribution is 0.937. The number of rotatable bonds is 3. The van der Waals surface area contributed by atoms with Crippen LogP contribution in [0.25, 0.3) is 0 Å². The van der Waals surface area contributed by atoms with E-state index in [-0.39, 0.29) is 0 Å². The van der Waals surface area contributed by atoms with E-state index in [1.807, 2.05) is 0 Å². The third kappa shape index (κ3) is 2.85. The number of nitrogens with zero attached hydrogens (tertiary/aromatic N) is 2. The fourth-order valence-corrected chi connectivity index (χ4v) is 2.26. The van der Waals surface area contributed by atoms with Crippen molar-refractivity contribution in [1.82, 2.24) is 9.97 Å². The molecule has 1 aromatic heterocycles. The van der Waals surface area contributed by atoms with Gasteiger partial charge in [0.05, 0.1) is 0 Å². The summed E-state index contributed by atoms with van der Waals surface area (Å²) in [5.41, 5.74) is 1.06. The minimum Gasteiger partial charge on any atom is -0.230 e. The van der Waals surface area contributed by atoms with Crippen LogP contribution in [0.1, 0.15) is 26.3 Å². The molecule has 0 saturated carbocycles. The Balaban J connectivity index is 2.98. The Morgan fingerprint density at radius 1 is 1.46 bits per heavy atom. The maximum absolute atomic E-state index is 5.95. The van der Waals surface area contributed by atoms with Crippen LogP contribution in [0.3, 0.4) is 0 Å². The van der Waals surface area contributed by atoms with Crippen molar-refractivity contribution in [3.8, 4) is 0 Å². The van der Waals surface area contributed by atoms with Gasteiger partial charge in [0.25, 0.3) is 0 Å². The molecular formula is C9H13ClN2S. The molecule has 0 radical (unpaired) electrons. The van der Waals surface area contributed by atoms with Crippen LogP contribution in [-0.2, 0) is 6.42 Å². The van der Waals surface area contributed by atoms with Gasteiger partial charge in [-0.1, -0.05) is 32.4 Å². The third-order valence-corrected chi connectivity index (χ3v) is 2.93. The quantitative estimate of drug-likeness (QED) is 0.573. The maximum atomic E-state index is 5.95. The second-order valence-electron chi connectivity index (χ2n) is 2.97. The molecule has 1 aromatic rings. The largest absolute Gasteiger partial charge is 0.230 e. The number of hydrogen-bond donors (Lipinski definition) is 0. The van der Waals surface area contributed by atoms with Crippen molar-refractivity contribution in [2.75, 3.05) is 0 Å². The Morgan fingerprint density at radius 3 is 2.69 bits per heavy atom. The van der Waals surface area contributed by atoms with Gasteiger partial charge in [-0.15, -0.1) is 11.8 Å². The van der Waals surface area contributed by atoms with E-state index in [2.05, 4.69) is 30.7 Å². The van der Waals surface area contributed by atoms with Crippen LogP contribution in [0.2, 0.25) is 5.15 Å². The summed E-state index contributed by atoms with van der Waals surface area (Å²) in [6.07, 6.45) is 2.40. The molecule has 72 valence electrons. The fraction of sp³-hybridized carbons (Fsp3) is 0.556. The summed E-state index contributed by atoms with van der Waals surface area (Å²) in [5, 5.41) is 2.12. The summed E-state index contributed by atoms with van der Waals surface area (Å²) in [6, 6.07) is 0. The van der Waals surface area contributed by atoms with Crippen LogP contribution in [0.5, 0.6) is 0 Å². The van der Waals surface area contributed by atoms with Gasteiger partial charge in [-0.05, 0) is 6.42 Å². The molecule has 0 amide bonds. The topological polar surface area (TPSA) is 25.8 Å². The standard InChI is InChI=1S/C9H13ClN2S/c1-4-7-8(10)11-5-12-9(7)13-6(2)3/h5-6H,4H2,1-3H3. The lowest BCUT2D eigenvalue weighted by Crippen LogP contribution is -1.97. The molecule has 0 saturated heterocycles. The maximum Gasteiger partial charge on any atom is 0.136 e. The molecule has 0 aliphatic rings. The molecule has 0 bridgehead atoms. The second-order valence-corrected chi connectivity index (χ2v) is 4.89. The SMILES string of the molecule is CCc1c(Cl)ncnc1SC(C)C. The van der Waals surface area contributed by atoms with Gasteiger partial charge >= 0.3 is 0 Å². The van der Waals surface area contributed by atoms with Gasteiger partial charge in [0.1, 0.15) is 16.5 Å². The summed E-state index contributed by atoms with van der Waals surface area (Å²) >= 11 is 7.68. The van der Waals surface area contributed by atoms with Crippen LogP contribution in [0.4, 0.5) is 0 Å². The van der Waals surface area contributed by atoms with Crippen LogP contribution < -0.4 is 0 Å². The molecule has 2 nitrogen and oxygen atoms in total. The van der Waals surface area contributed by atoms with E-state index < -0.39 is 0 Å². The Labute approximate surface area is 88.1 Å². The van der Waals surface area contributed by atoms with E-state index in [1.165, 1.54) is 6.33 Å². The average Bonchev–Trinajstić information content (AvgIpc) is 2.03. The van der Waals surface area contributed by atoms with Gasteiger partial charge in [-0.3, -0.25) is 0 Å². The molecule has 4 heteroatoms. The van der Waals surface area contributed by atoms with Crippen molar-refractivity contribution in [2.24, 2.45) is 0 Å². The van der Waals surface area contributed by atoms with Crippen molar-refractivity contribution in [3.63, 3.8) is 0 Å². The zero-order chi connectivity index (χ0) is 9.84. The van der Waals surface area contributed by atoms with Gasteiger partial charge < -0.3 is 0 Å². The van der Waals surface area contributed by atoms with Crippen molar-refractivity contribution in [1.29, 1.82) is 0 Å². The van der Waals surface area contributed by atoms with Crippen molar-refractivity contribution < 1.29 is 0 Å². The molecule has 0 unspecified atom stereocenters. The normalized spacial score (nSPS) is 10.8. The first-order valence-corrected chi connectivity index (χ1v) is 5.57. The average molecular weight is 217 g/mol. The summed E-state index contributed by atoms with van der Waals surface area (Å²) < 4.78 is 0. The first-order chi connectivity index (χ1) is 6.15. The Bertz CT molecular complexity index is 289. The molecule has 1 heterocycles. The predicted molar refractivity (Wildman–Crippen MR) is 57.4 cm³/mol. The van der Waals surface area contributed by atoms with Crippen molar-refractivity contribution in [2.45, 2.75) is 37.5 Å². The fourth-order valence-electron chi connectivity index (χ4n) is 0.998. The molecule has 0 fully saturated rings. The van der Waals surface area contributed by atoms with Crippen molar-refractivity contribution >= 4 is 23.4 Å². The minimum atomic E-state index is 0.524. The Hall–Kier alpha value is -0.280. The highest BCUT2D eigenvalue weighted by molar-refractivity contribution is 7.99. The lowest BCUT2D eigenvalue weighted by Gasteiger charge is -2.08. The molecule has 13 heavy (non-hydrogen) atoms. The molecule has 0 spiro atoms. The van der Waals surface area contributed by atoms with Gasteiger partial charge in [0, 0.05) is 10.8 Å².